The van der Waals surface area contributed by atoms with Crippen molar-refractivity contribution in [2.45, 2.75) is 17.7 Å². The van der Waals surface area contributed by atoms with Crippen LogP contribution in [0.1, 0.15) is 11.1 Å². The SMILES string of the molecule is CN(C)[C@@H]1C(=O)C(C(N)=O)=C(O)[C@@]2(O)C(=O)C3=C(O)c4c(O)c(-c5cccc6c5OCO6)cc(-c5ccc6c(c5)OCO6)c4[CH][C@H]3[C@H](O)[C@@H]12. The zero-order valence-electron chi connectivity index (χ0n) is 26.0. The number of benzene rings is 3. The highest BCUT2D eigenvalue weighted by Gasteiger charge is 2.67. The molecule has 1 radical (unpaired) electrons. The van der Waals surface area contributed by atoms with Gasteiger partial charge in [-0.15, -0.1) is 0 Å². The van der Waals surface area contributed by atoms with Crippen molar-refractivity contribution in [3.63, 3.8) is 0 Å². The van der Waals surface area contributed by atoms with Crippen LogP contribution in [0.3, 0.4) is 0 Å². The molecule has 1 fully saturated rings. The van der Waals surface area contributed by atoms with Crippen LogP contribution in [0.4, 0.5) is 0 Å². The van der Waals surface area contributed by atoms with Crippen molar-refractivity contribution in [2.75, 3.05) is 27.7 Å². The van der Waals surface area contributed by atoms with Gasteiger partial charge in [-0.3, -0.25) is 19.3 Å². The fourth-order valence-corrected chi connectivity index (χ4v) is 7.75. The number of fused-ring (bicyclic) bond motifs is 5. The molecule has 0 unspecified atom stereocenters. The van der Waals surface area contributed by atoms with Crippen molar-refractivity contribution >= 4 is 23.2 Å². The van der Waals surface area contributed by atoms with Gasteiger partial charge < -0.3 is 50.2 Å². The minimum absolute atomic E-state index is 0.00935. The van der Waals surface area contributed by atoms with Gasteiger partial charge in [-0.2, -0.15) is 0 Å². The minimum atomic E-state index is -3.05. The first-order valence-electron chi connectivity index (χ1n) is 15.2. The van der Waals surface area contributed by atoms with Gasteiger partial charge in [0.15, 0.2) is 34.4 Å². The van der Waals surface area contributed by atoms with E-state index in [2.05, 4.69) is 0 Å². The van der Waals surface area contributed by atoms with E-state index in [9.17, 15) is 39.9 Å². The number of para-hydroxylation sites is 1. The highest BCUT2D eigenvalue weighted by Crippen LogP contribution is 2.57. The van der Waals surface area contributed by atoms with Gasteiger partial charge in [-0.25, -0.2) is 0 Å². The molecule has 8 rings (SSSR count). The second-order valence-corrected chi connectivity index (χ2v) is 12.6. The van der Waals surface area contributed by atoms with Gasteiger partial charge >= 0.3 is 0 Å². The Labute approximate surface area is 277 Å². The molecule has 14 heteroatoms. The summed E-state index contributed by atoms with van der Waals surface area (Å²) in [6.45, 7) is -0.0554. The van der Waals surface area contributed by atoms with Crippen LogP contribution in [0, 0.1) is 18.3 Å². The van der Waals surface area contributed by atoms with Gasteiger partial charge in [-0.1, -0.05) is 18.2 Å². The molecule has 251 valence electrons. The Hall–Kier alpha value is -5.57. The van der Waals surface area contributed by atoms with Crippen molar-refractivity contribution in [3.8, 4) is 51.0 Å². The molecule has 3 aliphatic carbocycles. The summed E-state index contributed by atoms with van der Waals surface area (Å²) in [6.07, 6.45) is -0.317. The number of Topliss-reactive ketones (excluding diaryl/α,β-unsaturated/α-hetero) is 2. The lowest BCUT2D eigenvalue weighted by Gasteiger charge is -2.52. The third-order valence-electron chi connectivity index (χ3n) is 9.95. The maximum absolute atomic E-state index is 14.4. The van der Waals surface area contributed by atoms with Crippen LogP contribution in [0.2, 0.25) is 0 Å². The monoisotopic (exact) mass is 669 g/mol. The lowest BCUT2D eigenvalue weighted by atomic mass is 9.56. The smallest absolute Gasteiger partial charge is 0.255 e. The van der Waals surface area contributed by atoms with Crippen molar-refractivity contribution in [1.82, 2.24) is 4.90 Å². The van der Waals surface area contributed by atoms with Crippen molar-refractivity contribution in [2.24, 2.45) is 17.6 Å². The van der Waals surface area contributed by atoms with E-state index < -0.39 is 75.5 Å². The number of aliphatic hydroxyl groups is 4. The molecule has 14 nitrogen and oxygen atoms in total. The van der Waals surface area contributed by atoms with E-state index in [1.54, 1.807) is 42.5 Å². The Morgan fingerprint density at radius 1 is 0.918 bits per heavy atom. The van der Waals surface area contributed by atoms with Crippen LogP contribution in [-0.2, 0) is 14.4 Å². The molecular formula is C35H29N2O12. The Kier molecular flexibility index (Phi) is 6.56. The second kappa shape index (κ2) is 10.5. The molecule has 0 spiro atoms. The van der Waals surface area contributed by atoms with Crippen LogP contribution in [0.15, 0.2) is 59.4 Å². The maximum Gasteiger partial charge on any atom is 0.255 e. The van der Waals surface area contributed by atoms with Gasteiger partial charge in [0, 0.05) is 29.0 Å². The van der Waals surface area contributed by atoms with Gasteiger partial charge in [0.1, 0.15) is 22.8 Å². The molecular weight excluding hydrogens is 640 g/mol. The number of ether oxygens (including phenoxy) is 4. The molecule has 1 saturated carbocycles. The average Bonchev–Trinajstić information content (AvgIpc) is 3.74. The zero-order valence-corrected chi connectivity index (χ0v) is 26.0. The molecule has 5 atom stereocenters. The number of nitrogens with two attached hydrogens (primary N) is 1. The summed E-state index contributed by atoms with van der Waals surface area (Å²) >= 11 is 0. The summed E-state index contributed by atoms with van der Waals surface area (Å²) in [7, 11) is 2.88. The highest BCUT2D eigenvalue weighted by atomic mass is 16.7. The first-order valence-corrected chi connectivity index (χ1v) is 15.2. The van der Waals surface area contributed by atoms with E-state index in [0.29, 0.717) is 39.7 Å². The summed E-state index contributed by atoms with van der Waals surface area (Å²) in [5.41, 5.74) is 2.39. The van der Waals surface area contributed by atoms with E-state index in [4.69, 9.17) is 24.7 Å². The number of ketones is 2. The molecule has 3 aromatic rings. The summed E-state index contributed by atoms with van der Waals surface area (Å²) < 4.78 is 22.3. The Bertz CT molecular complexity index is 2100. The number of primary amides is 1. The van der Waals surface area contributed by atoms with E-state index >= 15 is 0 Å². The van der Waals surface area contributed by atoms with Crippen LogP contribution in [0.5, 0.6) is 28.7 Å². The van der Waals surface area contributed by atoms with Crippen LogP contribution >= 0.6 is 0 Å². The minimum Gasteiger partial charge on any atom is -0.508 e. The maximum atomic E-state index is 14.4. The number of carbonyl (C=O) groups excluding carboxylic acids is 3. The summed E-state index contributed by atoms with van der Waals surface area (Å²) in [6, 6.07) is 10.4. The molecule has 0 bridgehead atoms. The lowest BCUT2D eigenvalue weighted by molar-refractivity contribution is -0.167. The van der Waals surface area contributed by atoms with Crippen molar-refractivity contribution in [3.05, 3.63) is 76.9 Å². The number of amides is 1. The number of aliphatic hydroxyl groups excluding tert-OH is 3. The summed E-state index contributed by atoms with van der Waals surface area (Å²) in [5.74, 6) is -7.60. The summed E-state index contributed by atoms with van der Waals surface area (Å²) in [5, 5.41) is 59.0. The highest BCUT2D eigenvalue weighted by molar-refractivity contribution is 6.24. The number of hydrogen-bond acceptors (Lipinski definition) is 13. The Morgan fingerprint density at radius 2 is 1.63 bits per heavy atom. The van der Waals surface area contributed by atoms with Crippen LogP contribution in [0.25, 0.3) is 28.0 Å². The third kappa shape index (κ3) is 4.02. The zero-order chi connectivity index (χ0) is 34.7. The number of phenols is 1. The molecule has 2 aliphatic heterocycles. The predicted octanol–water partition coefficient (Wildman–Crippen LogP) is 1.74. The predicted molar refractivity (Wildman–Crippen MR) is 168 cm³/mol. The Balaban J connectivity index is 1.40. The molecule has 1 amide bonds. The van der Waals surface area contributed by atoms with E-state index in [1.165, 1.54) is 25.4 Å². The number of rotatable bonds is 4. The number of carbonyl (C=O) groups is 3. The van der Waals surface area contributed by atoms with Crippen molar-refractivity contribution in [1.29, 1.82) is 0 Å². The fraction of sp³-hybridized carbons (Fsp3) is 0.257. The number of likely N-dealkylation sites (N-methyl/N-ethyl adjacent to an activating group) is 1. The number of hydrogen-bond donors (Lipinski definition) is 6. The molecule has 3 aromatic carbocycles. The topological polar surface area (TPSA) is 219 Å². The van der Waals surface area contributed by atoms with Gasteiger partial charge in [0.05, 0.1) is 23.6 Å². The third-order valence-corrected chi connectivity index (χ3v) is 9.95. The first-order chi connectivity index (χ1) is 23.4. The average molecular weight is 670 g/mol. The molecule has 0 aromatic heterocycles. The number of phenolic OH excluding ortho intramolecular Hbond substituents is 1. The van der Waals surface area contributed by atoms with E-state index in [-0.39, 0.29) is 30.3 Å². The van der Waals surface area contributed by atoms with Crippen LogP contribution < -0.4 is 24.7 Å². The van der Waals surface area contributed by atoms with Gasteiger partial charge in [-0.05, 0) is 55.1 Å². The number of aromatic hydroxyl groups is 1. The van der Waals surface area contributed by atoms with Gasteiger partial charge in [0.25, 0.3) is 5.91 Å². The normalized spacial score (nSPS) is 26.6. The van der Waals surface area contributed by atoms with Crippen molar-refractivity contribution < 1.29 is 58.9 Å². The number of nitrogens with zero attached hydrogens (tertiary/aromatic N) is 1. The lowest BCUT2D eigenvalue weighted by Crippen LogP contribution is -2.70. The van der Waals surface area contributed by atoms with E-state index in [1.807, 2.05) is 0 Å². The molecule has 0 saturated heterocycles. The standard InChI is InChI=1S/C35H29N2O12/c1-37(2)26-25-28(39)18-10-16-15(13-6-7-19-21(8-13)48-11-46-19)9-17(14-4-3-5-20-31(14)49-12-47-20)27(38)22(16)29(40)23(18)32(42)35(25,45)33(43)24(30(26)41)34(36)44/h3-10,18,25-26,28,38-40,43,45H,11-12H2,1-2H3,(H2,36,44)/t18-,25-,26+,28+,35+/m1/s1. The Morgan fingerprint density at radius 3 is 2.37 bits per heavy atom. The molecule has 7 N–H and O–H groups in total. The molecule has 2 heterocycles. The van der Waals surface area contributed by atoms with Crippen LogP contribution in [-0.4, -0.2) is 93.3 Å². The van der Waals surface area contributed by atoms with E-state index in [0.717, 1.165) is 0 Å². The fourth-order valence-electron chi connectivity index (χ4n) is 7.75. The molecule has 5 aliphatic rings. The summed E-state index contributed by atoms with van der Waals surface area (Å²) in [4.78, 5) is 41.5. The quantitative estimate of drug-likeness (QED) is 0.218. The van der Waals surface area contributed by atoms with Gasteiger partial charge in [0.2, 0.25) is 19.4 Å². The second-order valence-electron chi connectivity index (χ2n) is 12.6. The molecule has 49 heavy (non-hydrogen) atoms. The first kappa shape index (κ1) is 30.7. The largest absolute Gasteiger partial charge is 0.508 e.